The number of carbonyl (C=O) groups excluding carboxylic acids is 2. The van der Waals surface area contributed by atoms with E-state index in [4.69, 9.17) is 10.2 Å². The van der Waals surface area contributed by atoms with Gasteiger partial charge in [-0.2, -0.15) is 0 Å². The molecule has 3 rings (SSSR count). The van der Waals surface area contributed by atoms with Crippen molar-refractivity contribution in [3.8, 4) is 10.8 Å². The van der Waals surface area contributed by atoms with Crippen molar-refractivity contribution < 1.29 is 18.7 Å². The SMILES string of the molecule is NC(=O)COC(=O)c1ccc(-c2nc3ccccc3s2)o1. The maximum atomic E-state index is 11.6. The lowest BCUT2D eigenvalue weighted by atomic mass is 10.3. The summed E-state index contributed by atoms with van der Waals surface area (Å²) in [5.74, 6) is -0.977. The van der Waals surface area contributed by atoms with E-state index in [-0.39, 0.29) is 5.76 Å². The van der Waals surface area contributed by atoms with Crippen molar-refractivity contribution in [2.45, 2.75) is 0 Å². The molecule has 0 spiro atoms. The zero-order chi connectivity index (χ0) is 14.8. The molecule has 0 fully saturated rings. The summed E-state index contributed by atoms with van der Waals surface area (Å²) in [7, 11) is 0. The Kier molecular flexibility index (Phi) is 3.41. The highest BCUT2D eigenvalue weighted by Gasteiger charge is 2.16. The van der Waals surface area contributed by atoms with Gasteiger partial charge in [-0.1, -0.05) is 12.1 Å². The van der Waals surface area contributed by atoms with Crippen molar-refractivity contribution in [3.63, 3.8) is 0 Å². The first kappa shape index (κ1) is 13.3. The highest BCUT2D eigenvalue weighted by molar-refractivity contribution is 7.21. The molecule has 6 nitrogen and oxygen atoms in total. The molecule has 0 radical (unpaired) electrons. The van der Waals surface area contributed by atoms with E-state index in [1.165, 1.54) is 17.4 Å². The van der Waals surface area contributed by atoms with Crippen LogP contribution in [0.15, 0.2) is 40.8 Å². The molecule has 0 aliphatic carbocycles. The number of aromatic nitrogens is 1. The quantitative estimate of drug-likeness (QED) is 0.745. The van der Waals surface area contributed by atoms with Gasteiger partial charge >= 0.3 is 5.97 Å². The standard InChI is InChI=1S/C14H10N2O4S/c15-12(17)7-19-14(18)10-6-5-9(20-10)13-16-8-3-1-2-4-11(8)21-13/h1-6H,7H2,(H2,15,17). The van der Waals surface area contributed by atoms with E-state index in [1.807, 2.05) is 24.3 Å². The Morgan fingerprint density at radius 1 is 1.24 bits per heavy atom. The van der Waals surface area contributed by atoms with Crippen molar-refractivity contribution in [2.24, 2.45) is 5.73 Å². The molecule has 1 aromatic carbocycles. The van der Waals surface area contributed by atoms with E-state index in [9.17, 15) is 9.59 Å². The second kappa shape index (κ2) is 5.37. The Balaban J connectivity index is 1.84. The molecule has 21 heavy (non-hydrogen) atoms. The number of carbonyl (C=O) groups is 2. The van der Waals surface area contributed by atoms with Gasteiger partial charge in [-0.25, -0.2) is 9.78 Å². The number of thiazole rings is 1. The maximum Gasteiger partial charge on any atom is 0.374 e. The van der Waals surface area contributed by atoms with Crippen LogP contribution < -0.4 is 5.73 Å². The number of ether oxygens (including phenoxy) is 1. The number of hydrogen-bond donors (Lipinski definition) is 1. The predicted octanol–water partition coefficient (Wildman–Crippen LogP) is 2.20. The first-order chi connectivity index (χ1) is 10.1. The average molecular weight is 302 g/mol. The summed E-state index contributed by atoms with van der Waals surface area (Å²) in [5.41, 5.74) is 5.77. The highest BCUT2D eigenvalue weighted by Crippen LogP contribution is 2.31. The molecular weight excluding hydrogens is 292 g/mol. The zero-order valence-corrected chi connectivity index (χ0v) is 11.6. The number of amides is 1. The summed E-state index contributed by atoms with van der Waals surface area (Å²) < 4.78 is 11.1. The Hall–Kier alpha value is -2.67. The number of furan rings is 1. The largest absolute Gasteiger partial charge is 0.450 e. The molecule has 3 aromatic rings. The average Bonchev–Trinajstić information content (AvgIpc) is 3.10. The first-order valence-electron chi connectivity index (χ1n) is 6.05. The Bertz CT molecular complexity index is 788. The maximum absolute atomic E-state index is 11.6. The Morgan fingerprint density at radius 3 is 2.81 bits per heavy atom. The number of rotatable bonds is 4. The summed E-state index contributed by atoms with van der Waals surface area (Å²) in [5, 5.41) is 0.671. The molecule has 7 heteroatoms. The van der Waals surface area contributed by atoms with Crippen molar-refractivity contribution in [1.82, 2.24) is 4.98 Å². The molecule has 0 aliphatic rings. The monoisotopic (exact) mass is 302 g/mol. The second-order valence-electron chi connectivity index (χ2n) is 4.19. The number of para-hydroxylation sites is 1. The van der Waals surface area contributed by atoms with Crippen LogP contribution in [0.3, 0.4) is 0 Å². The number of nitrogens with two attached hydrogens (primary N) is 1. The van der Waals surface area contributed by atoms with Gasteiger partial charge in [0.1, 0.15) is 0 Å². The van der Waals surface area contributed by atoms with Crippen LogP contribution in [0, 0.1) is 0 Å². The summed E-state index contributed by atoms with van der Waals surface area (Å²) in [4.78, 5) is 26.6. The normalized spacial score (nSPS) is 10.7. The molecule has 0 aliphatic heterocycles. The number of esters is 1. The van der Waals surface area contributed by atoms with Gasteiger partial charge in [0, 0.05) is 0 Å². The highest BCUT2D eigenvalue weighted by atomic mass is 32.1. The van der Waals surface area contributed by atoms with Gasteiger partial charge in [-0.05, 0) is 24.3 Å². The van der Waals surface area contributed by atoms with Crippen molar-refractivity contribution in [1.29, 1.82) is 0 Å². The minimum atomic E-state index is -0.735. The molecule has 2 aromatic heterocycles. The van der Waals surface area contributed by atoms with Crippen LogP contribution in [0.4, 0.5) is 0 Å². The molecule has 0 bridgehead atoms. The molecule has 106 valence electrons. The molecule has 0 atom stereocenters. The van der Waals surface area contributed by atoms with Gasteiger partial charge in [0.2, 0.25) is 5.76 Å². The first-order valence-corrected chi connectivity index (χ1v) is 6.86. The van der Waals surface area contributed by atoms with Gasteiger partial charge in [0.25, 0.3) is 5.91 Å². The number of primary amides is 1. The molecule has 2 heterocycles. The van der Waals surface area contributed by atoms with Crippen molar-refractivity contribution in [2.75, 3.05) is 6.61 Å². The topological polar surface area (TPSA) is 95.4 Å². The molecule has 0 unspecified atom stereocenters. The third-order valence-electron chi connectivity index (χ3n) is 2.66. The van der Waals surface area contributed by atoms with Gasteiger partial charge in [0.05, 0.1) is 10.2 Å². The van der Waals surface area contributed by atoms with E-state index < -0.39 is 18.5 Å². The fourth-order valence-electron chi connectivity index (χ4n) is 1.75. The van der Waals surface area contributed by atoms with Crippen LogP contribution in [0.25, 0.3) is 21.0 Å². The van der Waals surface area contributed by atoms with E-state index in [0.717, 1.165) is 10.2 Å². The van der Waals surface area contributed by atoms with Gasteiger partial charge in [-0.15, -0.1) is 11.3 Å². The smallest absolute Gasteiger partial charge is 0.374 e. The van der Waals surface area contributed by atoms with Crippen molar-refractivity contribution in [3.05, 3.63) is 42.2 Å². The summed E-state index contributed by atoms with van der Waals surface area (Å²) >= 11 is 1.46. The third kappa shape index (κ3) is 2.77. The molecular formula is C14H10N2O4S. The Morgan fingerprint density at radius 2 is 2.05 bits per heavy atom. The number of fused-ring (bicyclic) bond motifs is 1. The molecule has 0 saturated heterocycles. The fraction of sp³-hybridized carbons (Fsp3) is 0.0714. The molecule has 1 amide bonds. The fourth-order valence-corrected chi connectivity index (χ4v) is 2.68. The molecule has 0 saturated carbocycles. The van der Waals surface area contributed by atoms with Crippen LogP contribution in [0.5, 0.6) is 0 Å². The van der Waals surface area contributed by atoms with Gasteiger partial charge in [-0.3, -0.25) is 4.79 Å². The number of hydrogen-bond acceptors (Lipinski definition) is 6. The lowest BCUT2D eigenvalue weighted by molar-refractivity contribution is -0.121. The van der Waals surface area contributed by atoms with Crippen molar-refractivity contribution >= 4 is 33.4 Å². The van der Waals surface area contributed by atoms with Crippen LogP contribution >= 0.6 is 11.3 Å². The van der Waals surface area contributed by atoms with Crippen LogP contribution in [-0.2, 0) is 9.53 Å². The van der Waals surface area contributed by atoms with Crippen LogP contribution in [0.2, 0.25) is 0 Å². The lowest BCUT2D eigenvalue weighted by Crippen LogP contribution is -2.20. The summed E-state index contributed by atoms with van der Waals surface area (Å²) in [6.07, 6.45) is 0. The van der Waals surface area contributed by atoms with E-state index in [0.29, 0.717) is 10.8 Å². The van der Waals surface area contributed by atoms with Gasteiger partial charge < -0.3 is 14.9 Å². The van der Waals surface area contributed by atoms with E-state index in [1.54, 1.807) is 6.07 Å². The zero-order valence-electron chi connectivity index (χ0n) is 10.7. The molecule has 2 N–H and O–H groups in total. The predicted molar refractivity (Wildman–Crippen MR) is 76.8 cm³/mol. The third-order valence-corrected chi connectivity index (χ3v) is 3.71. The van der Waals surface area contributed by atoms with Crippen LogP contribution in [0.1, 0.15) is 10.6 Å². The number of benzene rings is 1. The lowest BCUT2D eigenvalue weighted by Gasteiger charge is -1.98. The van der Waals surface area contributed by atoms with E-state index in [2.05, 4.69) is 9.72 Å². The second-order valence-corrected chi connectivity index (χ2v) is 5.22. The summed E-state index contributed by atoms with van der Waals surface area (Å²) in [6, 6.07) is 10.8. The minimum Gasteiger partial charge on any atom is -0.450 e. The number of nitrogens with zero attached hydrogens (tertiary/aromatic N) is 1. The Labute approximate surface area is 123 Å². The minimum absolute atomic E-state index is 0.00510. The van der Waals surface area contributed by atoms with E-state index >= 15 is 0 Å². The summed E-state index contributed by atoms with van der Waals surface area (Å²) in [6.45, 7) is -0.476. The van der Waals surface area contributed by atoms with Gasteiger partial charge in [0.15, 0.2) is 17.4 Å². The van der Waals surface area contributed by atoms with Crippen LogP contribution in [-0.4, -0.2) is 23.5 Å².